The van der Waals surface area contributed by atoms with E-state index < -0.39 is 4.92 Å². The van der Waals surface area contributed by atoms with Crippen LogP contribution >= 0.6 is 0 Å². The number of aryl methyl sites for hydroxylation is 1. The number of hydrogen-bond acceptors (Lipinski definition) is 3. The fourth-order valence-electron chi connectivity index (χ4n) is 2.70. The summed E-state index contributed by atoms with van der Waals surface area (Å²) in [5.74, 6) is 0.705. The summed E-state index contributed by atoms with van der Waals surface area (Å²) in [4.78, 5) is 22.0. The standard InChI is InChI=1S/C15H19NO3/c17-15(13-5-1-2-6-13)7-3-4-12-8-10-14(11-9-12)16(18)19/h8-11,13H,1-7H2. The Hall–Kier alpha value is -1.71. The molecule has 0 atom stereocenters. The number of carbonyl (C=O) groups excluding carboxylic acids is 1. The van der Waals surface area contributed by atoms with Gasteiger partial charge in [-0.15, -0.1) is 0 Å². The highest BCUT2D eigenvalue weighted by atomic mass is 16.6. The second-order valence-electron chi connectivity index (χ2n) is 5.22. The van der Waals surface area contributed by atoms with Gasteiger partial charge < -0.3 is 0 Å². The van der Waals surface area contributed by atoms with Gasteiger partial charge in [0.2, 0.25) is 0 Å². The molecule has 4 heteroatoms. The molecule has 0 radical (unpaired) electrons. The van der Waals surface area contributed by atoms with Gasteiger partial charge in [0.25, 0.3) is 5.69 Å². The summed E-state index contributed by atoms with van der Waals surface area (Å²) in [5, 5.41) is 10.5. The van der Waals surface area contributed by atoms with Crippen molar-refractivity contribution in [1.29, 1.82) is 0 Å². The Morgan fingerprint density at radius 3 is 2.42 bits per heavy atom. The lowest BCUT2D eigenvalue weighted by molar-refractivity contribution is -0.384. The Kier molecular flexibility index (Phi) is 4.66. The van der Waals surface area contributed by atoms with Gasteiger partial charge in [-0.05, 0) is 31.2 Å². The Morgan fingerprint density at radius 2 is 1.84 bits per heavy atom. The second-order valence-corrected chi connectivity index (χ2v) is 5.22. The molecule has 4 nitrogen and oxygen atoms in total. The fourth-order valence-corrected chi connectivity index (χ4v) is 2.70. The second kappa shape index (κ2) is 6.45. The molecule has 0 N–H and O–H groups in total. The van der Waals surface area contributed by atoms with Crippen molar-refractivity contribution in [3.05, 3.63) is 39.9 Å². The molecule has 1 fully saturated rings. The third kappa shape index (κ3) is 3.88. The van der Waals surface area contributed by atoms with Crippen LogP contribution in [-0.2, 0) is 11.2 Å². The van der Waals surface area contributed by atoms with Gasteiger partial charge in [-0.25, -0.2) is 0 Å². The molecule has 0 saturated heterocycles. The molecule has 0 unspecified atom stereocenters. The lowest BCUT2D eigenvalue weighted by Crippen LogP contribution is -2.10. The van der Waals surface area contributed by atoms with Crippen molar-refractivity contribution in [3.8, 4) is 0 Å². The zero-order chi connectivity index (χ0) is 13.7. The van der Waals surface area contributed by atoms with Crippen molar-refractivity contribution in [2.24, 2.45) is 5.92 Å². The van der Waals surface area contributed by atoms with Gasteiger partial charge in [0.05, 0.1) is 4.92 Å². The highest BCUT2D eigenvalue weighted by molar-refractivity contribution is 5.81. The average Bonchev–Trinajstić information content (AvgIpc) is 2.93. The number of benzene rings is 1. The summed E-state index contributed by atoms with van der Waals surface area (Å²) in [6.07, 6.45) is 6.81. The number of nitro groups is 1. The Morgan fingerprint density at radius 1 is 1.21 bits per heavy atom. The molecule has 0 heterocycles. The van der Waals surface area contributed by atoms with Gasteiger partial charge in [-0.3, -0.25) is 14.9 Å². The van der Waals surface area contributed by atoms with Gasteiger partial charge in [-0.2, -0.15) is 0 Å². The normalized spacial score (nSPS) is 15.6. The van der Waals surface area contributed by atoms with E-state index in [2.05, 4.69) is 0 Å². The van der Waals surface area contributed by atoms with E-state index in [1.54, 1.807) is 12.1 Å². The first-order valence-corrected chi connectivity index (χ1v) is 6.93. The van der Waals surface area contributed by atoms with Gasteiger partial charge in [-0.1, -0.05) is 25.0 Å². The van der Waals surface area contributed by atoms with E-state index in [1.165, 1.54) is 25.0 Å². The predicted molar refractivity (Wildman–Crippen MR) is 73.0 cm³/mol. The number of hydrogen-bond donors (Lipinski definition) is 0. The number of non-ortho nitro benzene ring substituents is 1. The van der Waals surface area contributed by atoms with Crippen molar-refractivity contribution in [2.75, 3.05) is 0 Å². The first-order valence-electron chi connectivity index (χ1n) is 6.93. The molecule has 1 aliphatic carbocycles. The van der Waals surface area contributed by atoms with Crippen molar-refractivity contribution < 1.29 is 9.72 Å². The molecular weight excluding hydrogens is 242 g/mol. The highest BCUT2D eigenvalue weighted by Crippen LogP contribution is 2.27. The van der Waals surface area contributed by atoms with Crippen LogP contribution in [0.15, 0.2) is 24.3 Å². The predicted octanol–water partition coefficient (Wildman–Crippen LogP) is 3.68. The summed E-state index contributed by atoms with van der Waals surface area (Å²) in [6, 6.07) is 6.60. The topological polar surface area (TPSA) is 60.2 Å². The minimum Gasteiger partial charge on any atom is -0.299 e. The Labute approximate surface area is 113 Å². The molecule has 0 aliphatic heterocycles. The number of ketones is 1. The molecule has 102 valence electrons. The summed E-state index contributed by atoms with van der Waals surface area (Å²) >= 11 is 0. The van der Waals surface area contributed by atoms with Gasteiger partial charge in [0, 0.05) is 24.5 Å². The fraction of sp³-hybridized carbons (Fsp3) is 0.533. The van der Waals surface area contributed by atoms with Gasteiger partial charge in [0.1, 0.15) is 5.78 Å². The van der Waals surface area contributed by atoms with E-state index in [-0.39, 0.29) is 5.69 Å². The van der Waals surface area contributed by atoms with Crippen molar-refractivity contribution in [1.82, 2.24) is 0 Å². The molecule has 0 bridgehead atoms. The molecule has 1 aromatic rings. The lowest BCUT2D eigenvalue weighted by Gasteiger charge is -2.07. The molecule has 19 heavy (non-hydrogen) atoms. The number of nitro benzene ring substituents is 1. The van der Waals surface area contributed by atoms with E-state index in [0.29, 0.717) is 18.1 Å². The van der Waals surface area contributed by atoms with Crippen LogP contribution in [0.5, 0.6) is 0 Å². The lowest BCUT2D eigenvalue weighted by atomic mass is 9.97. The molecule has 0 spiro atoms. The maximum Gasteiger partial charge on any atom is 0.269 e. The molecule has 1 aliphatic rings. The minimum absolute atomic E-state index is 0.116. The van der Waals surface area contributed by atoms with E-state index in [4.69, 9.17) is 0 Å². The van der Waals surface area contributed by atoms with E-state index in [0.717, 1.165) is 31.2 Å². The van der Waals surface area contributed by atoms with Crippen LogP contribution in [0.25, 0.3) is 0 Å². The van der Waals surface area contributed by atoms with Crippen LogP contribution in [0.3, 0.4) is 0 Å². The molecular formula is C15H19NO3. The molecule has 2 rings (SSSR count). The smallest absolute Gasteiger partial charge is 0.269 e. The first kappa shape index (κ1) is 13.7. The molecule has 0 aromatic heterocycles. The summed E-state index contributed by atoms with van der Waals surface area (Å²) in [6.45, 7) is 0. The van der Waals surface area contributed by atoms with Gasteiger partial charge in [0.15, 0.2) is 0 Å². The third-order valence-corrected chi connectivity index (χ3v) is 3.85. The molecule has 1 aromatic carbocycles. The Bertz CT molecular complexity index is 447. The summed E-state index contributed by atoms with van der Waals surface area (Å²) < 4.78 is 0. The third-order valence-electron chi connectivity index (χ3n) is 3.85. The monoisotopic (exact) mass is 261 g/mol. The number of carbonyl (C=O) groups is 1. The number of rotatable bonds is 6. The van der Waals surface area contributed by atoms with Crippen LogP contribution in [0.1, 0.15) is 44.1 Å². The number of nitrogens with zero attached hydrogens (tertiary/aromatic N) is 1. The highest BCUT2D eigenvalue weighted by Gasteiger charge is 2.21. The summed E-state index contributed by atoms with van der Waals surface area (Å²) in [7, 11) is 0. The zero-order valence-corrected chi connectivity index (χ0v) is 11.0. The van der Waals surface area contributed by atoms with Gasteiger partial charge >= 0.3 is 0 Å². The summed E-state index contributed by atoms with van der Waals surface area (Å²) in [5.41, 5.74) is 1.18. The van der Waals surface area contributed by atoms with Crippen molar-refractivity contribution in [3.63, 3.8) is 0 Å². The average molecular weight is 261 g/mol. The minimum atomic E-state index is -0.395. The SMILES string of the molecule is O=C(CCCc1ccc([N+](=O)[O-])cc1)C1CCCC1. The van der Waals surface area contributed by atoms with Crippen LogP contribution in [0.2, 0.25) is 0 Å². The molecule has 0 amide bonds. The van der Waals surface area contributed by atoms with Crippen LogP contribution < -0.4 is 0 Å². The van der Waals surface area contributed by atoms with Crippen molar-refractivity contribution >= 4 is 11.5 Å². The Balaban J connectivity index is 1.75. The van der Waals surface area contributed by atoms with Crippen LogP contribution in [0, 0.1) is 16.0 Å². The quantitative estimate of drug-likeness (QED) is 0.579. The maximum absolute atomic E-state index is 11.9. The van der Waals surface area contributed by atoms with E-state index in [1.807, 2.05) is 0 Å². The maximum atomic E-state index is 11.9. The largest absolute Gasteiger partial charge is 0.299 e. The molecule has 1 saturated carbocycles. The van der Waals surface area contributed by atoms with E-state index in [9.17, 15) is 14.9 Å². The van der Waals surface area contributed by atoms with Crippen LogP contribution in [0.4, 0.5) is 5.69 Å². The van der Waals surface area contributed by atoms with E-state index >= 15 is 0 Å². The zero-order valence-electron chi connectivity index (χ0n) is 11.0. The van der Waals surface area contributed by atoms with Crippen molar-refractivity contribution in [2.45, 2.75) is 44.9 Å². The number of Topliss-reactive ketones (excluding diaryl/α,β-unsaturated/α-hetero) is 1. The first-order chi connectivity index (χ1) is 9.16. The van der Waals surface area contributed by atoms with Crippen LogP contribution in [-0.4, -0.2) is 10.7 Å².